The van der Waals surface area contributed by atoms with Gasteiger partial charge in [0.25, 0.3) is 0 Å². The minimum absolute atomic E-state index is 0.557. The Morgan fingerprint density at radius 3 is 2.40 bits per heavy atom. The van der Waals surface area contributed by atoms with Crippen molar-refractivity contribution in [1.29, 1.82) is 0 Å². The third kappa shape index (κ3) is 2.75. The summed E-state index contributed by atoms with van der Waals surface area (Å²) in [6, 6.07) is 0. The fourth-order valence-electron chi connectivity index (χ4n) is 3.49. The van der Waals surface area contributed by atoms with E-state index in [4.69, 9.17) is 0 Å². The molecule has 0 atom stereocenters. The van der Waals surface area contributed by atoms with Gasteiger partial charge < -0.3 is 5.32 Å². The number of hydrogen-bond donors (Lipinski definition) is 1. The Kier molecular flexibility index (Phi) is 3.71. The molecular weight excluding hydrogens is 182 g/mol. The molecule has 88 valence electrons. The Balaban J connectivity index is 1.89. The van der Waals surface area contributed by atoms with E-state index in [1.54, 1.807) is 0 Å². The monoisotopic (exact) mass is 209 g/mol. The van der Waals surface area contributed by atoms with Crippen LogP contribution in [0.2, 0.25) is 0 Å². The summed E-state index contributed by atoms with van der Waals surface area (Å²) in [7, 11) is 0. The lowest BCUT2D eigenvalue weighted by Gasteiger charge is -2.41. The highest BCUT2D eigenvalue weighted by Gasteiger charge is 2.35. The summed E-state index contributed by atoms with van der Waals surface area (Å²) in [5.74, 6) is 1.90. The third-order valence-electron chi connectivity index (χ3n) is 4.76. The van der Waals surface area contributed by atoms with Crippen molar-refractivity contribution in [3.05, 3.63) is 0 Å². The van der Waals surface area contributed by atoms with Gasteiger partial charge in [0.2, 0.25) is 0 Å². The smallest absolute Gasteiger partial charge is 0.0181 e. The average molecular weight is 209 g/mol. The molecule has 2 fully saturated rings. The Bertz CT molecular complexity index is 180. The lowest BCUT2D eigenvalue weighted by molar-refractivity contribution is 0.156. The zero-order valence-electron chi connectivity index (χ0n) is 10.5. The summed E-state index contributed by atoms with van der Waals surface area (Å²) in [5.41, 5.74) is 0.557. The van der Waals surface area contributed by atoms with Gasteiger partial charge in [0.15, 0.2) is 0 Å². The first-order valence-electron chi connectivity index (χ1n) is 6.97. The fraction of sp³-hybridized carbons (Fsp3) is 1.00. The second-order valence-electron chi connectivity index (χ2n) is 6.10. The number of nitrogens with one attached hydrogen (secondary N) is 1. The van der Waals surface area contributed by atoms with Crippen molar-refractivity contribution in [3.8, 4) is 0 Å². The first-order chi connectivity index (χ1) is 7.22. The molecule has 1 saturated heterocycles. The summed E-state index contributed by atoms with van der Waals surface area (Å²) in [6.07, 6.45) is 11.6. The van der Waals surface area contributed by atoms with Gasteiger partial charge in [-0.1, -0.05) is 26.7 Å². The molecule has 1 nitrogen and oxygen atoms in total. The SMILES string of the molecule is CC(C)C1CCC2(CCCCCN2)CC1. The Morgan fingerprint density at radius 1 is 1.00 bits per heavy atom. The number of rotatable bonds is 1. The van der Waals surface area contributed by atoms with Crippen molar-refractivity contribution in [2.45, 2.75) is 70.8 Å². The molecule has 1 spiro atoms. The standard InChI is InChI=1S/C14H27N/c1-12(2)13-6-9-14(10-7-13)8-4-3-5-11-15-14/h12-13,15H,3-11H2,1-2H3. The van der Waals surface area contributed by atoms with E-state index >= 15 is 0 Å². The van der Waals surface area contributed by atoms with Crippen LogP contribution in [0.15, 0.2) is 0 Å². The van der Waals surface area contributed by atoms with Gasteiger partial charge in [-0.3, -0.25) is 0 Å². The van der Waals surface area contributed by atoms with Crippen molar-refractivity contribution in [2.75, 3.05) is 6.54 Å². The summed E-state index contributed by atoms with van der Waals surface area (Å²) in [4.78, 5) is 0. The Morgan fingerprint density at radius 2 is 1.73 bits per heavy atom. The summed E-state index contributed by atoms with van der Waals surface area (Å²) < 4.78 is 0. The maximum absolute atomic E-state index is 3.86. The van der Waals surface area contributed by atoms with Crippen LogP contribution < -0.4 is 5.32 Å². The molecule has 15 heavy (non-hydrogen) atoms. The molecule has 1 aliphatic carbocycles. The molecule has 1 saturated carbocycles. The first kappa shape index (κ1) is 11.4. The molecule has 1 N–H and O–H groups in total. The van der Waals surface area contributed by atoms with Gasteiger partial charge in [0, 0.05) is 5.54 Å². The maximum atomic E-state index is 3.86. The maximum Gasteiger partial charge on any atom is 0.0181 e. The molecule has 1 heterocycles. The van der Waals surface area contributed by atoms with Crippen LogP contribution in [0, 0.1) is 11.8 Å². The molecule has 0 radical (unpaired) electrons. The predicted molar refractivity (Wildman–Crippen MR) is 66.0 cm³/mol. The van der Waals surface area contributed by atoms with Crippen LogP contribution >= 0.6 is 0 Å². The molecule has 1 heteroatoms. The van der Waals surface area contributed by atoms with Gasteiger partial charge in [-0.05, 0) is 56.9 Å². The van der Waals surface area contributed by atoms with E-state index in [0.717, 1.165) is 11.8 Å². The van der Waals surface area contributed by atoms with E-state index in [1.807, 2.05) is 0 Å². The van der Waals surface area contributed by atoms with Crippen LogP contribution in [0.4, 0.5) is 0 Å². The summed E-state index contributed by atoms with van der Waals surface area (Å²) in [6.45, 7) is 6.05. The van der Waals surface area contributed by atoms with Crippen LogP contribution in [0.1, 0.15) is 65.2 Å². The molecule has 1 aliphatic heterocycles. The molecule has 0 amide bonds. The van der Waals surface area contributed by atoms with Gasteiger partial charge >= 0.3 is 0 Å². The van der Waals surface area contributed by atoms with E-state index < -0.39 is 0 Å². The highest BCUT2D eigenvalue weighted by Crippen LogP contribution is 2.39. The first-order valence-corrected chi connectivity index (χ1v) is 6.97. The highest BCUT2D eigenvalue weighted by atomic mass is 15.0. The zero-order valence-corrected chi connectivity index (χ0v) is 10.5. The summed E-state index contributed by atoms with van der Waals surface area (Å²) in [5, 5.41) is 3.86. The molecule has 0 aromatic carbocycles. The minimum atomic E-state index is 0.557. The van der Waals surface area contributed by atoms with Crippen LogP contribution in [0.3, 0.4) is 0 Å². The van der Waals surface area contributed by atoms with Crippen LogP contribution in [0.25, 0.3) is 0 Å². The predicted octanol–water partition coefficient (Wildman–Crippen LogP) is 3.74. The van der Waals surface area contributed by atoms with E-state index in [9.17, 15) is 0 Å². The van der Waals surface area contributed by atoms with E-state index in [2.05, 4.69) is 19.2 Å². The van der Waals surface area contributed by atoms with Crippen molar-refractivity contribution >= 4 is 0 Å². The normalized spacial score (nSPS) is 38.2. The lowest BCUT2D eigenvalue weighted by Crippen LogP contribution is -2.47. The van der Waals surface area contributed by atoms with E-state index in [1.165, 1.54) is 57.9 Å². The van der Waals surface area contributed by atoms with Gasteiger partial charge in [0.05, 0.1) is 0 Å². The second-order valence-corrected chi connectivity index (χ2v) is 6.10. The molecule has 0 bridgehead atoms. The van der Waals surface area contributed by atoms with E-state index in [0.29, 0.717) is 5.54 Å². The van der Waals surface area contributed by atoms with Crippen molar-refractivity contribution in [2.24, 2.45) is 11.8 Å². The zero-order chi connectivity index (χ0) is 10.7. The van der Waals surface area contributed by atoms with Crippen molar-refractivity contribution in [3.63, 3.8) is 0 Å². The molecule has 0 aromatic rings. The Labute approximate surface area is 95.0 Å². The van der Waals surface area contributed by atoms with Crippen LogP contribution in [-0.2, 0) is 0 Å². The largest absolute Gasteiger partial charge is 0.311 e. The Hall–Kier alpha value is -0.0400. The molecule has 0 aromatic heterocycles. The minimum Gasteiger partial charge on any atom is -0.311 e. The van der Waals surface area contributed by atoms with Gasteiger partial charge in [-0.2, -0.15) is 0 Å². The third-order valence-corrected chi connectivity index (χ3v) is 4.76. The quantitative estimate of drug-likeness (QED) is 0.694. The molecule has 2 rings (SSSR count). The van der Waals surface area contributed by atoms with E-state index in [-0.39, 0.29) is 0 Å². The fourth-order valence-corrected chi connectivity index (χ4v) is 3.49. The highest BCUT2D eigenvalue weighted by molar-refractivity contribution is 4.94. The van der Waals surface area contributed by atoms with Crippen LogP contribution in [-0.4, -0.2) is 12.1 Å². The molecular formula is C14H27N. The van der Waals surface area contributed by atoms with Crippen molar-refractivity contribution < 1.29 is 0 Å². The summed E-state index contributed by atoms with van der Waals surface area (Å²) >= 11 is 0. The lowest BCUT2D eigenvalue weighted by atomic mass is 9.71. The molecule has 2 aliphatic rings. The van der Waals surface area contributed by atoms with Gasteiger partial charge in [-0.15, -0.1) is 0 Å². The van der Waals surface area contributed by atoms with Gasteiger partial charge in [-0.25, -0.2) is 0 Å². The topological polar surface area (TPSA) is 12.0 Å². The average Bonchev–Trinajstić information content (AvgIpc) is 2.45. The number of hydrogen-bond acceptors (Lipinski definition) is 1. The van der Waals surface area contributed by atoms with Crippen LogP contribution in [0.5, 0.6) is 0 Å². The molecule has 0 unspecified atom stereocenters. The van der Waals surface area contributed by atoms with Crippen molar-refractivity contribution in [1.82, 2.24) is 5.32 Å². The second kappa shape index (κ2) is 4.86. The van der Waals surface area contributed by atoms with Gasteiger partial charge in [0.1, 0.15) is 0 Å².